The van der Waals surface area contributed by atoms with Crippen LogP contribution < -0.4 is 4.74 Å². The number of aryl methyl sites for hydroxylation is 1. The van der Waals surface area contributed by atoms with E-state index in [4.69, 9.17) is 9.84 Å². The molecule has 1 heterocycles. The van der Waals surface area contributed by atoms with E-state index in [1.807, 2.05) is 0 Å². The second kappa shape index (κ2) is 3.29. The van der Waals surface area contributed by atoms with Crippen LogP contribution in [0.15, 0.2) is 12.3 Å². The summed E-state index contributed by atoms with van der Waals surface area (Å²) in [4.78, 5) is 14.8. The Morgan fingerprint density at radius 2 is 2.36 bits per heavy atom. The first-order valence-electron chi connectivity index (χ1n) is 4.53. The van der Waals surface area contributed by atoms with Crippen molar-refractivity contribution in [1.82, 2.24) is 4.98 Å². The van der Waals surface area contributed by atoms with Gasteiger partial charge in [0.25, 0.3) is 0 Å². The molecule has 14 heavy (non-hydrogen) atoms. The summed E-state index contributed by atoms with van der Waals surface area (Å²) < 4.78 is 5.38. The van der Waals surface area contributed by atoms with Crippen molar-refractivity contribution in [2.45, 2.75) is 25.9 Å². The Bertz CT molecular complexity index is 372. The maximum absolute atomic E-state index is 10.9. The highest BCUT2D eigenvalue weighted by Crippen LogP contribution is 2.27. The molecule has 4 heteroatoms. The fraction of sp³-hybridized carbons (Fsp3) is 0.400. The zero-order chi connectivity index (χ0) is 10.1. The molecule has 0 radical (unpaired) electrons. The van der Waals surface area contributed by atoms with Crippen molar-refractivity contribution in [3.63, 3.8) is 0 Å². The Hall–Kier alpha value is -1.58. The van der Waals surface area contributed by atoms with Crippen LogP contribution in [0.2, 0.25) is 0 Å². The maximum Gasteiger partial charge on any atom is 0.341 e. The molecule has 0 bridgehead atoms. The van der Waals surface area contributed by atoms with Crippen LogP contribution in [-0.2, 0) is 0 Å². The summed E-state index contributed by atoms with van der Waals surface area (Å²) in [6.07, 6.45) is 3.77. The van der Waals surface area contributed by atoms with Gasteiger partial charge in [0.15, 0.2) is 0 Å². The molecule has 1 N–H and O–H groups in total. The SMILES string of the molecule is Cc1cnc(OC2CC2)c(C(=O)O)c1. The summed E-state index contributed by atoms with van der Waals surface area (Å²) in [5.74, 6) is -0.748. The van der Waals surface area contributed by atoms with E-state index in [1.54, 1.807) is 19.2 Å². The van der Waals surface area contributed by atoms with Crippen molar-refractivity contribution in [1.29, 1.82) is 0 Å². The number of rotatable bonds is 3. The van der Waals surface area contributed by atoms with E-state index in [-0.39, 0.29) is 17.5 Å². The number of carboxylic acid groups (broad SMARTS) is 1. The topological polar surface area (TPSA) is 59.4 Å². The average Bonchev–Trinajstić information content (AvgIpc) is 2.91. The third kappa shape index (κ3) is 1.84. The van der Waals surface area contributed by atoms with Gasteiger partial charge in [0.2, 0.25) is 5.88 Å². The van der Waals surface area contributed by atoms with Gasteiger partial charge in [-0.3, -0.25) is 0 Å². The van der Waals surface area contributed by atoms with Gasteiger partial charge in [0.05, 0.1) is 0 Å². The summed E-state index contributed by atoms with van der Waals surface area (Å²) >= 11 is 0. The van der Waals surface area contributed by atoms with Crippen molar-refractivity contribution in [3.05, 3.63) is 23.4 Å². The second-order valence-corrected chi connectivity index (χ2v) is 3.49. The number of aromatic carboxylic acids is 1. The summed E-state index contributed by atoms with van der Waals surface area (Å²) in [5.41, 5.74) is 0.974. The Labute approximate surface area is 81.5 Å². The minimum absolute atomic E-state index is 0.150. The predicted octanol–water partition coefficient (Wildman–Crippen LogP) is 1.63. The van der Waals surface area contributed by atoms with Crippen LogP contribution >= 0.6 is 0 Å². The van der Waals surface area contributed by atoms with Gasteiger partial charge >= 0.3 is 5.97 Å². The van der Waals surface area contributed by atoms with Crippen LogP contribution in [0.4, 0.5) is 0 Å². The Kier molecular flexibility index (Phi) is 2.11. The molecule has 1 aliphatic carbocycles. The first kappa shape index (κ1) is 8.99. The van der Waals surface area contributed by atoms with Crippen LogP contribution in [0.3, 0.4) is 0 Å². The molecule has 0 amide bonds. The van der Waals surface area contributed by atoms with Crippen LogP contribution in [0.1, 0.15) is 28.8 Å². The van der Waals surface area contributed by atoms with Gasteiger partial charge < -0.3 is 9.84 Å². The van der Waals surface area contributed by atoms with E-state index in [2.05, 4.69) is 4.98 Å². The lowest BCUT2D eigenvalue weighted by atomic mass is 10.2. The third-order valence-electron chi connectivity index (χ3n) is 2.02. The van der Waals surface area contributed by atoms with Crippen molar-refractivity contribution >= 4 is 5.97 Å². The van der Waals surface area contributed by atoms with Gasteiger partial charge in [-0.15, -0.1) is 0 Å². The molecule has 4 nitrogen and oxygen atoms in total. The molecule has 0 unspecified atom stereocenters. The van der Waals surface area contributed by atoms with Crippen LogP contribution in [0.5, 0.6) is 5.88 Å². The quantitative estimate of drug-likeness (QED) is 0.792. The van der Waals surface area contributed by atoms with E-state index < -0.39 is 5.97 Å². The maximum atomic E-state index is 10.9. The number of hydrogen-bond donors (Lipinski definition) is 1. The molecule has 1 aromatic rings. The fourth-order valence-corrected chi connectivity index (χ4v) is 1.15. The molecule has 1 aliphatic rings. The monoisotopic (exact) mass is 193 g/mol. The molecular weight excluding hydrogens is 182 g/mol. The zero-order valence-electron chi connectivity index (χ0n) is 7.86. The second-order valence-electron chi connectivity index (χ2n) is 3.49. The van der Waals surface area contributed by atoms with E-state index in [9.17, 15) is 4.79 Å². The summed E-state index contributed by atoms with van der Waals surface area (Å²) in [6.45, 7) is 1.81. The van der Waals surface area contributed by atoms with Crippen LogP contribution in [-0.4, -0.2) is 22.2 Å². The molecule has 1 saturated carbocycles. The van der Waals surface area contributed by atoms with E-state index in [0.717, 1.165) is 18.4 Å². The smallest absolute Gasteiger partial charge is 0.341 e. The van der Waals surface area contributed by atoms with Crippen molar-refractivity contribution in [2.24, 2.45) is 0 Å². The van der Waals surface area contributed by atoms with E-state index in [0.29, 0.717) is 0 Å². The largest absolute Gasteiger partial charge is 0.477 e. The number of pyridine rings is 1. The molecule has 0 aromatic carbocycles. The molecule has 1 aromatic heterocycles. The molecule has 0 aliphatic heterocycles. The molecule has 0 spiro atoms. The first-order chi connectivity index (χ1) is 6.66. The van der Waals surface area contributed by atoms with Crippen molar-refractivity contribution < 1.29 is 14.6 Å². The molecular formula is C10H11NO3. The number of hydrogen-bond acceptors (Lipinski definition) is 3. The lowest BCUT2D eigenvalue weighted by molar-refractivity contribution is 0.0690. The standard InChI is InChI=1S/C10H11NO3/c1-6-4-8(10(12)13)9(11-5-6)14-7-2-3-7/h4-5,7H,2-3H2,1H3,(H,12,13). The molecule has 1 fully saturated rings. The third-order valence-corrected chi connectivity index (χ3v) is 2.02. The summed E-state index contributed by atoms with van der Waals surface area (Å²) in [5, 5.41) is 8.90. The van der Waals surface area contributed by atoms with Crippen molar-refractivity contribution in [2.75, 3.05) is 0 Å². The predicted molar refractivity (Wildman–Crippen MR) is 49.6 cm³/mol. The van der Waals surface area contributed by atoms with Crippen LogP contribution in [0.25, 0.3) is 0 Å². The lowest BCUT2D eigenvalue weighted by Crippen LogP contribution is -2.06. The van der Waals surface area contributed by atoms with Gasteiger partial charge in [0.1, 0.15) is 11.7 Å². The fourth-order valence-electron chi connectivity index (χ4n) is 1.15. The van der Waals surface area contributed by atoms with Gasteiger partial charge in [-0.05, 0) is 31.4 Å². The number of ether oxygens (including phenoxy) is 1. The Morgan fingerprint density at radius 1 is 1.64 bits per heavy atom. The van der Waals surface area contributed by atoms with E-state index >= 15 is 0 Å². The van der Waals surface area contributed by atoms with Gasteiger partial charge in [-0.2, -0.15) is 0 Å². The Balaban J connectivity index is 2.31. The lowest BCUT2D eigenvalue weighted by Gasteiger charge is -2.06. The normalized spacial score (nSPS) is 15.2. The molecule has 74 valence electrons. The highest BCUT2D eigenvalue weighted by molar-refractivity contribution is 5.90. The average molecular weight is 193 g/mol. The van der Waals surface area contributed by atoms with Gasteiger partial charge in [-0.25, -0.2) is 9.78 Å². The zero-order valence-corrected chi connectivity index (χ0v) is 7.86. The minimum atomic E-state index is -0.989. The van der Waals surface area contributed by atoms with Crippen molar-refractivity contribution in [3.8, 4) is 5.88 Å². The number of nitrogens with zero attached hydrogens (tertiary/aromatic N) is 1. The first-order valence-corrected chi connectivity index (χ1v) is 4.53. The number of aromatic nitrogens is 1. The Morgan fingerprint density at radius 3 is 2.93 bits per heavy atom. The highest BCUT2D eigenvalue weighted by Gasteiger charge is 2.26. The number of carboxylic acids is 1. The minimum Gasteiger partial charge on any atom is -0.477 e. The molecule has 0 saturated heterocycles. The van der Waals surface area contributed by atoms with Gasteiger partial charge in [0, 0.05) is 6.20 Å². The highest BCUT2D eigenvalue weighted by atomic mass is 16.5. The van der Waals surface area contributed by atoms with E-state index in [1.165, 1.54) is 0 Å². The summed E-state index contributed by atoms with van der Waals surface area (Å²) in [6, 6.07) is 1.58. The number of carbonyl (C=O) groups is 1. The summed E-state index contributed by atoms with van der Waals surface area (Å²) in [7, 11) is 0. The molecule has 0 atom stereocenters. The van der Waals surface area contributed by atoms with Crippen LogP contribution in [0, 0.1) is 6.92 Å². The van der Waals surface area contributed by atoms with Gasteiger partial charge in [-0.1, -0.05) is 0 Å². The molecule has 2 rings (SSSR count).